The minimum atomic E-state index is -0.211. The first-order valence-corrected chi connectivity index (χ1v) is 4.78. The lowest BCUT2D eigenvalue weighted by atomic mass is 10.2. The molecule has 0 aromatic carbocycles. The molecule has 0 bridgehead atoms. The molecule has 1 atom stereocenters. The van der Waals surface area contributed by atoms with E-state index >= 15 is 0 Å². The van der Waals surface area contributed by atoms with Crippen molar-refractivity contribution in [2.24, 2.45) is 5.73 Å². The van der Waals surface area contributed by atoms with Gasteiger partial charge in [0.05, 0.1) is 17.9 Å². The molecule has 5 nitrogen and oxygen atoms in total. The molecule has 0 aliphatic carbocycles. The zero-order chi connectivity index (χ0) is 9.68. The molecule has 0 spiro atoms. The summed E-state index contributed by atoms with van der Waals surface area (Å²) in [5.74, 6) is -0.211. The van der Waals surface area contributed by atoms with E-state index in [0.717, 1.165) is 18.1 Å². The van der Waals surface area contributed by atoms with Crippen LogP contribution in [0.5, 0.6) is 0 Å². The Bertz CT molecular complexity index is 261. The maximum absolute atomic E-state index is 11.3. The molecule has 0 saturated heterocycles. The van der Waals surface area contributed by atoms with E-state index in [-0.39, 0.29) is 11.9 Å². The van der Waals surface area contributed by atoms with E-state index < -0.39 is 0 Å². The van der Waals surface area contributed by atoms with Crippen LogP contribution in [0.4, 0.5) is 0 Å². The number of nitrogens with one attached hydrogen (secondary N) is 1. The van der Waals surface area contributed by atoms with Crippen molar-refractivity contribution in [3.05, 3.63) is 11.9 Å². The van der Waals surface area contributed by atoms with E-state index in [1.165, 1.54) is 6.20 Å². The van der Waals surface area contributed by atoms with Crippen LogP contribution < -0.4 is 11.1 Å². The number of nitrogens with two attached hydrogens (primary N) is 1. The maximum atomic E-state index is 11.3. The third-order valence-electron chi connectivity index (χ3n) is 1.64. The van der Waals surface area contributed by atoms with E-state index in [1.54, 1.807) is 0 Å². The summed E-state index contributed by atoms with van der Waals surface area (Å²) in [6, 6.07) is 0.00976. The molecule has 13 heavy (non-hydrogen) atoms. The van der Waals surface area contributed by atoms with Crippen LogP contribution in [0.15, 0.2) is 6.20 Å². The Balaban J connectivity index is 2.35. The van der Waals surface area contributed by atoms with Crippen molar-refractivity contribution in [3.8, 4) is 0 Å². The Morgan fingerprint density at radius 1 is 1.85 bits per heavy atom. The highest BCUT2D eigenvalue weighted by Gasteiger charge is 2.08. The predicted octanol–water partition coefficient (Wildman–Crippen LogP) is 0.00520. The highest BCUT2D eigenvalue weighted by Crippen LogP contribution is 1.94. The lowest BCUT2D eigenvalue weighted by Gasteiger charge is -2.08. The van der Waals surface area contributed by atoms with Crippen LogP contribution in [-0.4, -0.2) is 27.2 Å². The molecule has 3 N–H and O–H groups in total. The number of carbonyl (C=O) groups is 1. The molecule has 1 heterocycles. The fraction of sp³-hybridized carbons (Fsp3) is 0.571. The number of rotatable bonds is 4. The van der Waals surface area contributed by atoms with Gasteiger partial charge in [-0.05, 0) is 6.42 Å². The Labute approximate surface area is 80.7 Å². The van der Waals surface area contributed by atoms with E-state index in [1.807, 2.05) is 6.92 Å². The number of aromatic nitrogens is 2. The molecule has 0 fully saturated rings. The standard InChI is InChI=1S/C7H12N4OS/c1-2-5(8)3-9-7(12)6-4-10-13-11-6/h4-5H,2-3,8H2,1H3,(H,9,12). The van der Waals surface area contributed by atoms with Gasteiger partial charge in [0, 0.05) is 12.6 Å². The van der Waals surface area contributed by atoms with Crippen molar-refractivity contribution in [2.75, 3.05) is 6.54 Å². The highest BCUT2D eigenvalue weighted by molar-refractivity contribution is 6.99. The quantitative estimate of drug-likeness (QED) is 0.717. The molecule has 1 aromatic rings. The van der Waals surface area contributed by atoms with Gasteiger partial charge in [0.1, 0.15) is 0 Å². The summed E-state index contributed by atoms with van der Waals surface area (Å²) < 4.78 is 7.53. The van der Waals surface area contributed by atoms with Gasteiger partial charge in [-0.1, -0.05) is 6.92 Å². The topological polar surface area (TPSA) is 80.9 Å². The van der Waals surface area contributed by atoms with Crippen LogP contribution in [0.1, 0.15) is 23.8 Å². The van der Waals surface area contributed by atoms with Gasteiger partial charge >= 0.3 is 0 Å². The summed E-state index contributed by atoms with van der Waals surface area (Å²) in [7, 11) is 0. The van der Waals surface area contributed by atoms with Crippen molar-refractivity contribution in [1.29, 1.82) is 0 Å². The first-order chi connectivity index (χ1) is 6.24. The van der Waals surface area contributed by atoms with Gasteiger partial charge in [-0.25, -0.2) is 0 Å². The van der Waals surface area contributed by atoms with Gasteiger partial charge in [0.25, 0.3) is 5.91 Å². The summed E-state index contributed by atoms with van der Waals surface area (Å²) in [6.07, 6.45) is 2.28. The fourth-order valence-corrected chi connectivity index (χ4v) is 1.14. The highest BCUT2D eigenvalue weighted by atomic mass is 32.1. The smallest absolute Gasteiger partial charge is 0.272 e. The van der Waals surface area contributed by atoms with E-state index in [2.05, 4.69) is 14.1 Å². The SMILES string of the molecule is CCC(N)CNC(=O)c1cnsn1. The summed E-state index contributed by atoms with van der Waals surface area (Å²) >= 11 is 1.02. The maximum Gasteiger partial charge on any atom is 0.272 e. The molecule has 6 heteroatoms. The summed E-state index contributed by atoms with van der Waals surface area (Å²) in [4.78, 5) is 11.3. The van der Waals surface area contributed by atoms with E-state index in [9.17, 15) is 4.79 Å². The van der Waals surface area contributed by atoms with Crippen LogP contribution in [-0.2, 0) is 0 Å². The number of amides is 1. The molecular formula is C7H12N4OS. The molecule has 1 unspecified atom stereocenters. The van der Waals surface area contributed by atoms with Crippen molar-refractivity contribution in [3.63, 3.8) is 0 Å². The Morgan fingerprint density at radius 2 is 2.62 bits per heavy atom. The first-order valence-electron chi connectivity index (χ1n) is 4.05. The molecule has 1 amide bonds. The molecule has 0 aliphatic heterocycles. The van der Waals surface area contributed by atoms with Crippen LogP contribution in [0.25, 0.3) is 0 Å². The second-order valence-corrected chi connectivity index (χ2v) is 3.23. The van der Waals surface area contributed by atoms with Gasteiger partial charge in [0.15, 0.2) is 5.69 Å². The largest absolute Gasteiger partial charge is 0.349 e. The second kappa shape index (κ2) is 4.88. The van der Waals surface area contributed by atoms with Crippen LogP contribution in [0.2, 0.25) is 0 Å². The third-order valence-corrected chi connectivity index (χ3v) is 2.12. The Hall–Kier alpha value is -1.01. The first kappa shape index (κ1) is 10.1. The number of hydrogen-bond acceptors (Lipinski definition) is 5. The molecule has 0 aliphatic rings. The number of hydrogen-bond donors (Lipinski definition) is 2. The predicted molar refractivity (Wildman–Crippen MR) is 50.5 cm³/mol. The van der Waals surface area contributed by atoms with E-state index in [4.69, 9.17) is 5.73 Å². The molecule has 1 aromatic heterocycles. The van der Waals surface area contributed by atoms with Crippen molar-refractivity contribution in [2.45, 2.75) is 19.4 Å². The summed E-state index contributed by atoms with van der Waals surface area (Å²) in [6.45, 7) is 2.45. The normalized spacial score (nSPS) is 12.5. The Morgan fingerprint density at radius 3 is 3.15 bits per heavy atom. The van der Waals surface area contributed by atoms with Gasteiger partial charge in [-0.2, -0.15) is 8.75 Å². The van der Waals surface area contributed by atoms with Crippen molar-refractivity contribution < 1.29 is 4.79 Å². The third kappa shape index (κ3) is 3.08. The van der Waals surface area contributed by atoms with Crippen LogP contribution in [0.3, 0.4) is 0 Å². The van der Waals surface area contributed by atoms with Gasteiger partial charge in [0.2, 0.25) is 0 Å². The molecule has 1 rings (SSSR count). The van der Waals surface area contributed by atoms with Gasteiger partial charge < -0.3 is 11.1 Å². The van der Waals surface area contributed by atoms with E-state index in [0.29, 0.717) is 12.2 Å². The molecule has 72 valence electrons. The van der Waals surface area contributed by atoms with Crippen molar-refractivity contribution in [1.82, 2.24) is 14.1 Å². The summed E-state index contributed by atoms with van der Waals surface area (Å²) in [5.41, 5.74) is 5.98. The monoisotopic (exact) mass is 200 g/mol. The second-order valence-electron chi connectivity index (χ2n) is 2.67. The average Bonchev–Trinajstić information content (AvgIpc) is 2.66. The average molecular weight is 200 g/mol. The molecular weight excluding hydrogens is 188 g/mol. The van der Waals surface area contributed by atoms with Gasteiger partial charge in [-0.15, -0.1) is 0 Å². The molecule has 0 radical (unpaired) electrons. The Kier molecular flexibility index (Phi) is 3.78. The minimum absolute atomic E-state index is 0.00976. The number of carbonyl (C=O) groups excluding carboxylic acids is 1. The van der Waals surface area contributed by atoms with Crippen molar-refractivity contribution >= 4 is 17.6 Å². The molecule has 0 saturated carbocycles. The lowest BCUT2D eigenvalue weighted by molar-refractivity contribution is 0.0947. The summed E-state index contributed by atoms with van der Waals surface area (Å²) in [5, 5.41) is 2.68. The zero-order valence-electron chi connectivity index (χ0n) is 7.36. The number of nitrogens with zero attached hydrogens (tertiary/aromatic N) is 2. The van der Waals surface area contributed by atoms with Crippen LogP contribution in [0, 0.1) is 0 Å². The zero-order valence-corrected chi connectivity index (χ0v) is 8.17. The van der Waals surface area contributed by atoms with Crippen LogP contribution >= 0.6 is 11.7 Å². The fourth-order valence-electron chi connectivity index (χ4n) is 0.723. The minimum Gasteiger partial charge on any atom is -0.349 e. The lowest BCUT2D eigenvalue weighted by Crippen LogP contribution is -2.36. The van der Waals surface area contributed by atoms with Gasteiger partial charge in [-0.3, -0.25) is 4.79 Å².